The molecule has 2 fully saturated rings. The van der Waals surface area contributed by atoms with Crippen LogP contribution in [-0.4, -0.2) is 84.5 Å². The number of anilines is 2. The van der Waals surface area contributed by atoms with Crippen molar-refractivity contribution in [2.24, 2.45) is 0 Å². The van der Waals surface area contributed by atoms with E-state index in [0.29, 0.717) is 44.1 Å². The molecule has 2 aliphatic heterocycles. The summed E-state index contributed by atoms with van der Waals surface area (Å²) >= 11 is 0. The number of benzene rings is 1. The third-order valence-electron chi connectivity index (χ3n) is 6.40. The zero-order valence-corrected chi connectivity index (χ0v) is 20.8. The summed E-state index contributed by atoms with van der Waals surface area (Å²) in [4.78, 5) is 5.70. The first kappa shape index (κ1) is 26.3. The first-order valence-corrected chi connectivity index (χ1v) is 13.3. The zero-order chi connectivity index (χ0) is 26.9. The molecule has 11 nitrogen and oxygen atoms in total. The van der Waals surface area contributed by atoms with Gasteiger partial charge in [-0.2, -0.15) is 17.5 Å². The molecule has 15 heteroatoms. The Kier molecular flexibility index (Phi) is 7.26. The van der Waals surface area contributed by atoms with E-state index in [1.165, 1.54) is 22.5 Å². The van der Waals surface area contributed by atoms with Crippen LogP contribution in [0.25, 0.3) is 11.5 Å². The molecular weight excluding hydrogens is 529 g/mol. The molecular formula is C23H25F3N6O5S. The molecule has 204 valence electrons. The average Bonchev–Trinajstić information content (AvgIpc) is 3.41. The molecule has 0 spiro atoms. The van der Waals surface area contributed by atoms with Crippen LogP contribution in [0.4, 0.5) is 25.0 Å². The van der Waals surface area contributed by atoms with E-state index in [2.05, 4.69) is 20.5 Å². The number of alkyl halides is 3. The monoisotopic (exact) mass is 554 g/mol. The van der Waals surface area contributed by atoms with Gasteiger partial charge in [0.2, 0.25) is 15.9 Å². The van der Waals surface area contributed by atoms with E-state index in [9.17, 15) is 26.7 Å². The van der Waals surface area contributed by atoms with Crippen molar-refractivity contribution >= 4 is 21.9 Å². The second-order valence-electron chi connectivity index (χ2n) is 8.91. The van der Waals surface area contributed by atoms with Crippen molar-refractivity contribution in [3.8, 4) is 11.5 Å². The van der Waals surface area contributed by atoms with Crippen molar-refractivity contribution in [1.82, 2.24) is 19.5 Å². The van der Waals surface area contributed by atoms with Gasteiger partial charge in [-0.15, -0.1) is 5.10 Å². The Hall–Kier alpha value is -3.27. The molecule has 3 aromatic rings. The SMILES string of the molecule is O=S(=O)(c1ccc(-c2nnc(N3CCOCC3)o2)cc1)N1CC[C@@H](Nc2ccc(C(F)(F)F)cn2)[C@@H](O)C1. The number of aromatic nitrogens is 3. The van der Waals surface area contributed by atoms with Gasteiger partial charge in [-0.1, -0.05) is 5.10 Å². The first-order valence-electron chi connectivity index (χ1n) is 11.9. The summed E-state index contributed by atoms with van der Waals surface area (Å²) in [6.45, 7) is 2.33. The lowest BCUT2D eigenvalue weighted by Crippen LogP contribution is -2.51. The number of aliphatic hydroxyl groups is 1. The number of aliphatic hydroxyl groups excluding tert-OH is 1. The van der Waals surface area contributed by atoms with Gasteiger partial charge in [0.1, 0.15) is 5.82 Å². The summed E-state index contributed by atoms with van der Waals surface area (Å²) in [5, 5.41) is 21.6. The number of halogens is 3. The zero-order valence-electron chi connectivity index (χ0n) is 20.0. The Morgan fingerprint density at radius 3 is 2.39 bits per heavy atom. The van der Waals surface area contributed by atoms with Crippen LogP contribution in [0.3, 0.4) is 0 Å². The van der Waals surface area contributed by atoms with E-state index in [0.717, 1.165) is 6.07 Å². The quantitative estimate of drug-likeness (QED) is 0.467. The highest BCUT2D eigenvalue weighted by Gasteiger charge is 2.35. The number of β-amino-alcohol motifs (C(OH)–C–C–N with tert-alkyl or cyclic N) is 1. The Balaban J connectivity index is 1.21. The van der Waals surface area contributed by atoms with Gasteiger partial charge >= 0.3 is 12.2 Å². The van der Waals surface area contributed by atoms with E-state index >= 15 is 0 Å². The molecule has 2 saturated heterocycles. The van der Waals surface area contributed by atoms with Crippen molar-refractivity contribution in [3.63, 3.8) is 0 Å². The Morgan fingerprint density at radius 2 is 1.76 bits per heavy atom. The van der Waals surface area contributed by atoms with Gasteiger partial charge in [0.15, 0.2) is 0 Å². The van der Waals surface area contributed by atoms with Crippen molar-refractivity contribution in [2.75, 3.05) is 49.6 Å². The molecule has 2 aliphatic rings. The normalized spacial score (nSPS) is 21.4. The predicted molar refractivity (Wildman–Crippen MR) is 129 cm³/mol. The summed E-state index contributed by atoms with van der Waals surface area (Å²) in [5.74, 6) is 0.418. The molecule has 0 radical (unpaired) electrons. The number of ether oxygens (including phenoxy) is 1. The van der Waals surface area contributed by atoms with Crippen LogP contribution in [0.5, 0.6) is 0 Å². The fourth-order valence-electron chi connectivity index (χ4n) is 4.26. The van der Waals surface area contributed by atoms with Crippen molar-refractivity contribution in [1.29, 1.82) is 0 Å². The molecule has 1 aromatic carbocycles. The maximum absolute atomic E-state index is 13.2. The molecule has 4 heterocycles. The van der Waals surface area contributed by atoms with Crippen LogP contribution in [0, 0.1) is 0 Å². The third kappa shape index (κ3) is 5.60. The van der Waals surface area contributed by atoms with Gasteiger partial charge in [-0.05, 0) is 42.8 Å². The minimum absolute atomic E-state index is 0.0391. The van der Waals surface area contributed by atoms with E-state index in [1.54, 1.807) is 12.1 Å². The number of piperidine rings is 1. The second-order valence-corrected chi connectivity index (χ2v) is 10.9. The van der Waals surface area contributed by atoms with Gasteiger partial charge in [-0.3, -0.25) is 0 Å². The van der Waals surface area contributed by atoms with Gasteiger partial charge < -0.3 is 24.5 Å². The van der Waals surface area contributed by atoms with Crippen molar-refractivity contribution in [3.05, 3.63) is 48.2 Å². The molecule has 38 heavy (non-hydrogen) atoms. The Morgan fingerprint density at radius 1 is 1.03 bits per heavy atom. The third-order valence-corrected chi connectivity index (χ3v) is 8.28. The smallest absolute Gasteiger partial charge is 0.403 e. The van der Waals surface area contributed by atoms with Crippen LogP contribution in [0.1, 0.15) is 12.0 Å². The predicted octanol–water partition coefficient (Wildman–Crippen LogP) is 2.22. The molecule has 2 N–H and O–H groups in total. The number of rotatable bonds is 6. The molecule has 0 bridgehead atoms. The molecule has 0 saturated carbocycles. The van der Waals surface area contributed by atoms with Crippen LogP contribution in [-0.2, 0) is 20.9 Å². The summed E-state index contributed by atoms with van der Waals surface area (Å²) in [5.41, 5.74) is -0.324. The topological polar surface area (TPSA) is 134 Å². The maximum atomic E-state index is 13.2. The van der Waals surface area contributed by atoms with Crippen LogP contribution < -0.4 is 10.2 Å². The standard InChI is InChI=1S/C23H25F3N6O5S/c24-23(25,26)16-3-6-20(27-13-16)28-18-7-8-32(14-19(18)33)38(34,35)17-4-1-15(2-5-17)21-29-30-22(37-21)31-9-11-36-12-10-31/h1-6,13,18-19,33H,7-12,14H2,(H,27,28)/t18-,19+/m1/s1. The van der Waals surface area contributed by atoms with Crippen LogP contribution in [0.2, 0.25) is 0 Å². The fourth-order valence-corrected chi connectivity index (χ4v) is 5.73. The van der Waals surface area contributed by atoms with E-state index < -0.39 is 33.9 Å². The van der Waals surface area contributed by atoms with Crippen LogP contribution >= 0.6 is 0 Å². The lowest BCUT2D eigenvalue weighted by atomic mass is 10.0. The highest BCUT2D eigenvalue weighted by Crippen LogP contribution is 2.30. The number of morpholine rings is 1. The van der Waals surface area contributed by atoms with Crippen LogP contribution in [0.15, 0.2) is 51.9 Å². The molecule has 0 unspecified atom stereocenters. The largest absolute Gasteiger partial charge is 0.417 e. The van der Waals surface area contributed by atoms with E-state index in [4.69, 9.17) is 9.15 Å². The second kappa shape index (κ2) is 10.5. The number of hydrogen-bond acceptors (Lipinski definition) is 10. The Bertz CT molecular complexity index is 1350. The van der Waals surface area contributed by atoms with Gasteiger partial charge in [0.25, 0.3) is 0 Å². The lowest BCUT2D eigenvalue weighted by molar-refractivity contribution is -0.137. The van der Waals surface area contributed by atoms with Crippen molar-refractivity contribution < 1.29 is 35.8 Å². The molecule has 0 aliphatic carbocycles. The number of sulfonamides is 1. The summed E-state index contributed by atoms with van der Waals surface area (Å²) < 4.78 is 76.8. The van der Waals surface area contributed by atoms with E-state index in [1.807, 2.05) is 4.90 Å². The molecule has 2 atom stereocenters. The van der Waals surface area contributed by atoms with Gasteiger partial charge in [0.05, 0.1) is 35.8 Å². The molecule has 0 amide bonds. The van der Waals surface area contributed by atoms with E-state index in [-0.39, 0.29) is 36.1 Å². The maximum Gasteiger partial charge on any atom is 0.417 e. The number of nitrogens with zero attached hydrogens (tertiary/aromatic N) is 5. The van der Waals surface area contributed by atoms with Crippen molar-refractivity contribution in [2.45, 2.75) is 29.6 Å². The number of pyridine rings is 1. The highest BCUT2D eigenvalue weighted by molar-refractivity contribution is 7.89. The van der Waals surface area contributed by atoms with Gasteiger partial charge in [0, 0.05) is 37.9 Å². The average molecular weight is 555 g/mol. The summed E-state index contributed by atoms with van der Waals surface area (Å²) in [6.07, 6.45) is -4.66. The van der Waals surface area contributed by atoms with Gasteiger partial charge in [-0.25, -0.2) is 13.4 Å². The first-order chi connectivity index (χ1) is 18.1. The fraction of sp³-hybridized carbons (Fsp3) is 0.435. The summed E-state index contributed by atoms with van der Waals surface area (Å²) in [7, 11) is -3.91. The lowest BCUT2D eigenvalue weighted by Gasteiger charge is -2.35. The minimum atomic E-state index is -4.50. The number of nitrogens with one attached hydrogen (secondary N) is 1. The summed E-state index contributed by atoms with van der Waals surface area (Å²) in [6, 6.07) is 7.88. The highest BCUT2D eigenvalue weighted by atomic mass is 32.2. The minimum Gasteiger partial charge on any atom is -0.403 e. The number of hydrogen-bond donors (Lipinski definition) is 2. The molecule has 2 aromatic heterocycles. The Labute approximate surface area is 216 Å². The molecule has 5 rings (SSSR count).